The van der Waals surface area contributed by atoms with Crippen molar-refractivity contribution < 1.29 is 27.9 Å². The smallest absolute Gasteiger partial charge is 0.442 e. The fourth-order valence-corrected chi connectivity index (χ4v) is 2.71. The summed E-state index contributed by atoms with van der Waals surface area (Å²) in [5.74, 6) is -0.594. The molecule has 0 saturated carbocycles. The summed E-state index contributed by atoms with van der Waals surface area (Å²) < 4.78 is 27.0. The molecule has 0 unspecified atom stereocenters. The Balaban J connectivity index is 5.52. The normalized spacial score (nSPS) is 11.9. The molecule has 0 rings (SSSR count). The number of carbonyl (C=O) groups excluding carboxylic acids is 1. The predicted molar refractivity (Wildman–Crippen MR) is 69.9 cm³/mol. The average Bonchev–Trinajstić information content (AvgIpc) is 2.39. The molecule has 108 valence electrons. The van der Waals surface area contributed by atoms with Crippen LogP contribution >= 0.6 is 7.60 Å². The number of hydrogen-bond acceptors (Lipinski definition) is 5. The molecule has 0 aromatic heterocycles. The van der Waals surface area contributed by atoms with E-state index >= 15 is 0 Å². The Morgan fingerprint density at radius 2 is 1.79 bits per heavy atom. The molecule has 0 aliphatic rings. The molecule has 0 radical (unpaired) electrons. The Morgan fingerprint density at radius 1 is 1.26 bits per heavy atom. The summed E-state index contributed by atoms with van der Waals surface area (Å²) in [7, 11) is -2.50. The number of allylic oxidation sites excluding steroid dienone is 1. The maximum Gasteiger partial charge on any atom is 0.442 e. The van der Waals surface area contributed by atoms with Gasteiger partial charge in [0.2, 0.25) is 0 Å². The Hall–Kier alpha value is -1.26. The van der Waals surface area contributed by atoms with E-state index in [2.05, 4.69) is 9.53 Å². The molecule has 0 aliphatic carbocycles. The van der Waals surface area contributed by atoms with E-state index in [9.17, 15) is 9.36 Å². The SMILES string of the molecule is CCOP(=O)(OCC)C(/C=C(\CC)C(=O)OC)=[N+]=[N-]. The molecule has 0 fully saturated rings. The van der Waals surface area contributed by atoms with Crippen molar-refractivity contribution >= 4 is 19.0 Å². The lowest BCUT2D eigenvalue weighted by atomic mass is 10.2. The third-order valence-electron chi connectivity index (χ3n) is 2.11. The van der Waals surface area contributed by atoms with Crippen molar-refractivity contribution in [3.8, 4) is 0 Å². The fourth-order valence-electron chi connectivity index (χ4n) is 1.26. The molecule has 0 atom stereocenters. The van der Waals surface area contributed by atoms with Gasteiger partial charge >= 0.3 is 19.0 Å². The number of rotatable bonds is 8. The highest BCUT2D eigenvalue weighted by atomic mass is 31.2. The largest absolute Gasteiger partial charge is 0.466 e. The van der Waals surface area contributed by atoms with Gasteiger partial charge in [-0.3, -0.25) is 0 Å². The molecule has 0 bridgehead atoms. The van der Waals surface area contributed by atoms with Gasteiger partial charge in [-0.2, -0.15) is 4.79 Å². The zero-order chi connectivity index (χ0) is 14.9. The third-order valence-corrected chi connectivity index (χ3v) is 4.09. The first-order chi connectivity index (χ1) is 8.98. The summed E-state index contributed by atoms with van der Waals surface area (Å²) in [5, 5.41) is 0. The number of methoxy groups -OCH3 is 1. The molecule has 0 N–H and O–H groups in total. The molecule has 7 nitrogen and oxygen atoms in total. The van der Waals surface area contributed by atoms with Gasteiger partial charge in [-0.25, -0.2) is 9.36 Å². The van der Waals surface area contributed by atoms with Crippen LogP contribution in [0.2, 0.25) is 0 Å². The number of hydrogen-bond donors (Lipinski definition) is 0. The minimum Gasteiger partial charge on any atom is -0.466 e. The third kappa shape index (κ3) is 5.09. The molecule has 0 aromatic rings. The summed E-state index contributed by atoms with van der Waals surface area (Å²) in [6.07, 6.45) is 1.49. The Kier molecular flexibility index (Phi) is 8.19. The predicted octanol–water partition coefficient (Wildman–Crippen LogP) is 2.39. The monoisotopic (exact) mass is 290 g/mol. The second-order valence-electron chi connectivity index (χ2n) is 3.31. The van der Waals surface area contributed by atoms with Crippen LogP contribution in [0.1, 0.15) is 27.2 Å². The summed E-state index contributed by atoms with van der Waals surface area (Å²) in [5.41, 5.74) is 8.86. The second-order valence-corrected chi connectivity index (χ2v) is 5.28. The zero-order valence-electron chi connectivity index (χ0n) is 11.6. The van der Waals surface area contributed by atoms with Crippen LogP contribution in [0.5, 0.6) is 0 Å². The highest BCUT2D eigenvalue weighted by Crippen LogP contribution is 2.49. The van der Waals surface area contributed by atoms with Gasteiger partial charge in [0.05, 0.1) is 20.3 Å². The molecule has 8 heteroatoms. The van der Waals surface area contributed by atoms with Crippen LogP contribution in [0.15, 0.2) is 11.6 Å². The van der Waals surface area contributed by atoms with Crippen LogP contribution in [0.25, 0.3) is 5.53 Å². The van der Waals surface area contributed by atoms with Gasteiger partial charge in [-0.1, -0.05) is 6.92 Å². The highest BCUT2D eigenvalue weighted by molar-refractivity contribution is 7.72. The minimum absolute atomic E-state index is 0.115. The van der Waals surface area contributed by atoms with Gasteiger partial charge in [0.15, 0.2) is 0 Å². The first-order valence-corrected chi connectivity index (χ1v) is 7.43. The Bertz CT molecular complexity index is 430. The van der Waals surface area contributed by atoms with E-state index in [-0.39, 0.29) is 24.2 Å². The molecule has 0 heterocycles. The van der Waals surface area contributed by atoms with E-state index in [1.165, 1.54) is 7.11 Å². The van der Waals surface area contributed by atoms with Gasteiger partial charge in [-0.05, 0) is 20.3 Å². The van der Waals surface area contributed by atoms with Crippen LogP contribution in [0.4, 0.5) is 0 Å². The zero-order valence-corrected chi connectivity index (χ0v) is 12.5. The summed E-state index contributed by atoms with van der Waals surface area (Å²) >= 11 is 0. The van der Waals surface area contributed by atoms with Crippen molar-refractivity contribution in [3.05, 3.63) is 17.2 Å². The lowest BCUT2D eigenvalue weighted by Crippen LogP contribution is -2.10. The lowest BCUT2D eigenvalue weighted by Gasteiger charge is -2.11. The van der Waals surface area contributed by atoms with E-state index in [1.54, 1.807) is 20.8 Å². The quantitative estimate of drug-likeness (QED) is 0.171. The number of carbonyl (C=O) groups is 1. The van der Waals surface area contributed by atoms with E-state index in [0.717, 1.165) is 6.08 Å². The summed E-state index contributed by atoms with van der Waals surface area (Å²) in [6, 6.07) is 0. The molecule has 0 saturated heterocycles. The Morgan fingerprint density at radius 3 is 2.11 bits per heavy atom. The highest BCUT2D eigenvalue weighted by Gasteiger charge is 2.38. The van der Waals surface area contributed by atoms with Crippen LogP contribution < -0.4 is 0 Å². The molecule has 0 spiro atoms. The maximum atomic E-state index is 12.4. The van der Waals surface area contributed by atoms with Gasteiger partial charge in [0.25, 0.3) is 0 Å². The summed E-state index contributed by atoms with van der Waals surface area (Å²) in [4.78, 5) is 14.4. The van der Waals surface area contributed by atoms with E-state index in [1.807, 2.05) is 0 Å². The van der Waals surface area contributed by atoms with Crippen molar-refractivity contribution in [2.45, 2.75) is 27.2 Å². The van der Waals surface area contributed by atoms with Gasteiger partial charge in [0, 0.05) is 11.6 Å². The second kappa shape index (κ2) is 8.77. The first kappa shape index (κ1) is 17.7. The van der Waals surface area contributed by atoms with Crippen LogP contribution in [0, 0.1) is 0 Å². The average molecular weight is 290 g/mol. The topological polar surface area (TPSA) is 98.2 Å². The first-order valence-electron chi connectivity index (χ1n) is 5.89. The van der Waals surface area contributed by atoms with Gasteiger partial charge in [-0.15, -0.1) is 0 Å². The minimum atomic E-state index is -3.73. The maximum absolute atomic E-state index is 12.4. The van der Waals surface area contributed by atoms with Crippen molar-refractivity contribution in [1.82, 2.24) is 0 Å². The van der Waals surface area contributed by atoms with Crippen LogP contribution in [-0.2, 0) is 23.1 Å². The Labute approximate surface area is 112 Å². The van der Waals surface area contributed by atoms with E-state index < -0.39 is 13.6 Å². The van der Waals surface area contributed by atoms with Crippen LogP contribution in [0.3, 0.4) is 0 Å². The van der Waals surface area contributed by atoms with E-state index in [4.69, 9.17) is 14.6 Å². The standard InChI is InChI=1S/C11H19N2O5P/c1-5-9(11(14)16-4)8-10(13-12)19(15,17-6-2)18-7-3/h8H,5-7H2,1-4H3/b9-8+. The number of esters is 1. The van der Waals surface area contributed by atoms with E-state index in [0.29, 0.717) is 6.42 Å². The summed E-state index contributed by atoms with van der Waals surface area (Å²) in [6.45, 7) is 5.20. The molecular formula is C11H19N2O5P. The van der Waals surface area contributed by atoms with Gasteiger partial charge < -0.3 is 19.3 Å². The van der Waals surface area contributed by atoms with Crippen molar-refractivity contribution in [2.75, 3.05) is 20.3 Å². The lowest BCUT2D eigenvalue weighted by molar-refractivity contribution is -0.136. The number of nitrogens with zero attached hydrogens (tertiary/aromatic N) is 2. The molecular weight excluding hydrogens is 271 g/mol. The fraction of sp³-hybridized carbons (Fsp3) is 0.636. The van der Waals surface area contributed by atoms with Crippen molar-refractivity contribution in [3.63, 3.8) is 0 Å². The van der Waals surface area contributed by atoms with Crippen molar-refractivity contribution in [2.24, 2.45) is 0 Å². The van der Waals surface area contributed by atoms with Crippen LogP contribution in [-0.4, -0.2) is 36.5 Å². The van der Waals surface area contributed by atoms with Crippen molar-refractivity contribution in [1.29, 1.82) is 0 Å². The molecule has 0 aliphatic heterocycles. The molecule has 19 heavy (non-hydrogen) atoms. The van der Waals surface area contributed by atoms with Gasteiger partial charge in [0.1, 0.15) is 0 Å². The molecule has 0 amide bonds. The number of ether oxygens (including phenoxy) is 1. The molecule has 0 aromatic carbocycles.